The average Bonchev–Trinajstić information content (AvgIpc) is 2.55. The molecular weight excluding hydrogens is 220 g/mol. The molecule has 1 aromatic carbocycles. The summed E-state index contributed by atoms with van der Waals surface area (Å²) in [6.07, 6.45) is 0. The number of carbonyl (C=O) groups excluding carboxylic acids is 2. The molecule has 2 rings (SSSR count). The minimum absolute atomic E-state index is 0.128. The molecule has 90 valence electrons. The van der Waals surface area contributed by atoms with Crippen LogP contribution in [-0.4, -0.2) is 35.1 Å². The SMILES string of the molecule is CC1(c2ccccc2)C(=O)NC(=O)N1CCO. The summed E-state index contributed by atoms with van der Waals surface area (Å²) >= 11 is 0. The maximum atomic E-state index is 11.9. The van der Waals surface area contributed by atoms with E-state index in [0.29, 0.717) is 0 Å². The van der Waals surface area contributed by atoms with Gasteiger partial charge in [0.05, 0.1) is 6.61 Å². The Kier molecular flexibility index (Phi) is 2.85. The van der Waals surface area contributed by atoms with Crippen molar-refractivity contribution in [2.45, 2.75) is 12.5 Å². The molecule has 5 nitrogen and oxygen atoms in total. The van der Waals surface area contributed by atoms with Crippen LogP contribution < -0.4 is 5.32 Å². The predicted molar refractivity (Wildman–Crippen MR) is 61.1 cm³/mol. The number of rotatable bonds is 3. The first-order chi connectivity index (χ1) is 8.10. The number of β-amino-alcohol motifs (C(OH)–C–C–N with tert-alkyl or cyclic N) is 1. The summed E-state index contributed by atoms with van der Waals surface area (Å²) in [5.41, 5.74) is -0.307. The number of hydrogen-bond donors (Lipinski definition) is 2. The van der Waals surface area contributed by atoms with Crippen molar-refractivity contribution in [3.8, 4) is 0 Å². The molecule has 1 heterocycles. The van der Waals surface area contributed by atoms with Gasteiger partial charge in [-0.15, -0.1) is 0 Å². The molecule has 0 aromatic heterocycles. The molecule has 2 N–H and O–H groups in total. The van der Waals surface area contributed by atoms with Crippen molar-refractivity contribution in [3.05, 3.63) is 35.9 Å². The molecule has 3 amide bonds. The zero-order valence-electron chi connectivity index (χ0n) is 9.51. The Hall–Kier alpha value is -1.88. The smallest absolute Gasteiger partial charge is 0.325 e. The molecule has 0 bridgehead atoms. The van der Waals surface area contributed by atoms with Gasteiger partial charge in [-0.2, -0.15) is 0 Å². The molecule has 1 atom stereocenters. The van der Waals surface area contributed by atoms with E-state index in [2.05, 4.69) is 5.32 Å². The van der Waals surface area contributed by atoms with Crippen LogP contribution in [0.15, 0.2) is 30.3 Å². The van der Waals surface area contributed by atoms with Crippen molar-refractivity contribution in [2.75, 3.05) is 13.2 Å². The fourth-order valence-electron chi connectivity index (χ4n) is 2.09. The van der Waals surface area contributed by atoms with E-state index < -0.39 is 11.6 Å². The predicted octanol–water partition coefficient (Wildman–Crippen LogP) is 0.446. The van der Waals surface area contributed by atoms with Gasteiger partial charge in [-0.05, 0) is 12.5 Å². The minimum atomic E-state index is -1.04. The second-order valence-corrected chi connectivity index (χ2v) is 4.07. The first kappa shape index (κ1) is 11.6. The standard InChI is InChI=1S/C12H14N2O3/c1-12(9-5-3-2-4-6-9)10(16)13-11(17)14(12)7-8-15/h2-6,15H,7-8H2,1H3,(H,13,16,17). The molecule has 1 aromatic rings. The Bertz CT molecular complexity index is 446. The van der Waals surface area contributed by atoms with Crippen LogP contribution in [0.1, 0.15) is 12.5 Å². The molecule has 0 radical (unpaired) electrons. The summed E-state index contributed by atoms with van der Waals surface area (Å²) in [6, 6.07) is 8.60. The first-order valence-corrected chi connectivity index (χ1v) is 5.40. The van der Waals surface area contributed by atoms with Crippen LogP contribution in [0, 0.1) is 0 Å². The molecule has 0 saturated carbocycles. The van der Waals surface area contributed by atoms with E-state index in [0.717, 1.165) is 5.56 Å². The Balaban J connectivity index is 2.46. The number of urea groups is 1. The number of hydrogen-bond acceptors (Lipinski definition) is 3. The lowest BCUT2D eigenvalue weighted by Crippen LogP contribution is -2.45. The van der Waals surface area contributed by atoms with Gasteiger partial charge < -0.3 is 10.0 Å². The van der Waals surface area contributed by atoms with Gasteiger partial charge in [-0.1, -0.05) is 30.3 Å². The van der Waals surface area contributed by atoms with Crippen LogP contribution in [0.2, 0.25) is 0 Å². The van der Waals surface area contributed by atoms with Crippen molar-refractivity contribution in [1.82, 2.24) is 10.2 Å². The second kappa shape index (κ2) is 4.18. The minimum Gasteiger partial charge on any atom is -0.395 e. The van der Waals surface area contributed by atoms with E-state index in [-0.39, 0.29) is 19.1 Å². The molecular formula is C12H14N2O3. The van der Waals surface area contributed by atoms with Crippen LogP contribution in [0.3, 0.4) is 0 Å². The number of amides is 3. The highest BCUT2D eigenvalue weighted by Gasteiger charge is 2.49. The highest BCUT2D eigenvalue weighted by Crippen LogP contribution is 2.32. The van der Waals surface area contributed by atoms with Gasteiger partial charge in [-0.25, -0.2) is 4.79 Å². The molecule has 1 aliphatic rings. The summed E-state index contributed by atoms with van der Waals surface area (Å²) < 4.78 is 0. The van der Waals surface area contributed by atoms with Crippen LogP contribution in [0.25, 0.3) is 0 Å². The van der Waals surface area contributed by atoms with Crippen LogP contribution in [0.4, 0.5) is 4.79 Å². The van der Waals surface area contributed by atoms with Crippen molar-refractivity contribution in [2.24, 2.45) is 0 Å². The monoisotopic (exact) mass is 234 g/mol. The third-order valence-electron chi connectivity index (χ3n) is 3.11. The molecule has 1 fully saturated rings. The first-order valence-electron chi connectivity index (χ1n) is 5.40. The number of nitrogens with zero attached hydrogens (tertiary/aromatic N) is 1. The van der Waals surface area contributed by atoms with Crippen molar-refractivity contribution >= 4 is 11.9 Å². The fraction of sp³-hybridized carbons (Fsp3) is 0.333. The topological polar surface area (TPSA) is 69.6 Å². The molecule has 5 heteroatoms. The average molecular weight is 234 g/mol. The van der Waals surface area contributed by atoms with Gasteiger partial charge >= 0.3 is 6.03 Å². The van der Waals surface area contributed by atoms with Gasteiger partial charge in [0, 0.05) is 6.54 Å². The number of benzene rings is 1. The summed E-state index contributed by atoms with van der Waals surface area (Å²) in [7, 11) is 0. The maximum absolute atomic E-state index is 11.9. The third kappa shape index (κ3) is 1.68. The third-order valence-corrected chi connectivity index (χ3v) is 3.11. The molecule has 0 aliphatic carbocycles. The highest BCUT2D eigenvalue weighted by molar-refractivity contribution is 6.07. The number of aliphatic hydroxyl groups excluding tert-OH is 1. The quantitative estimate of drug-likeness (QED) is 0.746. The number of imide groups is 1. The molecule has 17 heavy (non-hydrogen) atoms. The lowest BCUT2D eigenvalue weighted by molar-refractivity contribution is -0.126. The van der Waals surface area contributed by atoms with Crippen LogP contribution in [0.5, 0.6) is 0 Å². The number of carbonyl (C=O) groups is 2. The summed E-state index contributed by atoms with van der Waals surface area (Å²) in [5, 5.41) is 11.3. The van der Waals surface area contributed by atoms with Gasteiger partial charge in [-0.3, -0.25) is 10.1 Å². The summed E-state index contributed by atoms with van der Waals surface area (Å²) in [6.45, 7) is 1.63. The molecule has 0 spiro atoms. The van der Waals surface area contributed by atoms with Gasteiger partial charge in [0.2, 0.25) is 0 Å². The Labute approximate surface area is 99.0 Å². The fourth-order valence-corrected chi connectivity index (χ4v) is 2.09. The lowest BCUT2D eigenvalue weighted by Gasteiger charge is -2.31. The van der Waals surface area contributed by atoms with Crippen LogP contribution in [-0.2, 0) is 10.3 Å². The maximum Gasteiger partial charge on any atom is 0.325 e. The van der Waals surface area contributed by atoms with E-state index in [1.165, 1.54) is 4.90 Å². The van der Waals surface area contributed by atoms with Gasteiger partial charge in [0.25, 0.3) is 5.91 Å². The van der Waals surface area contributed by atoms with E-state index in [9.17, 15) is 9.59 Å². The van der Waals surface area contributed by atoms with E-state index in [1.54, 1.807) is 19.1 Å². The lowest BCUT2D eigenvalue weighted by atomic mass is 9.91. The zero-order valence-corrected chi connectivity index (χ0v) is 9.51. The molecule has 1 aliphatic heterocycles. The summed E-state index contributed by atoms with van der Waals surface area (Å²) in [5.74, 6) is -0.359. The zero-order chi connectivity index (χ0) is 12.5. The molecule has 1 unspecified atom stereocenters. The normalized spacial score (nSPS) is 24.0. The highest BCUT2D eigenvalue weighted by atomic mass is 16.3. The van der Waals surface area contributed by atoms with E-state index in [1.807, 2.05) is 18.2 Å². The van der Waals surface area contributed by atoms with Gasteiger partial charge in [0.15, 0.2) is 0 Å². The van der Waals surface area contributed by atoms with Crippen LogP contribution >= 0.6 is 0 Å². The summed E-state index contributed by atoms with van der Waals surface area (Å²) in [4.78, 5) is 24.9. The number of aliphatic hydroxyl groups is 1. The van der Waals surface area contributed by atoms with Crippen molar-refractivity contribution < 1.29 is 14.7 Å². The van der Waals surface area contributed by atoms with E-state index >= 15 is 0 Å². The Morgan fingerprint density at radius 3 is 2.53 bits per heavy atom. The van der Waals surface area contributed by atoms with Crippen molar-refractivity contribution in [1.29, 1.82) is 0 Å². The Morgan fingerprint density at radius 2 is 1.94 bits per heavy atom. The molecule has 1 saturated heterocycles. The Morgan fingerprint density at radius 1 is 1.29 bits per heavy atom. The van der Waals surface area contributed by atoms with Crippen molar-refractivity contribution in [3.63, 3.8) is 0 Å². The second-order valence-electron chi connectivity index (χ2n) is 4.07. The van der Waals surface area contributed by atoms with E-state index in [4.69, 9.17) is 5.11 Å². The van der Waals surface area contributed by atoms with Gasteiger partial charge in [0.1, 0.15) is 5.54 Å². The largest absolute Gasteiger partial charge is 0.395 e. The number of nitrogens with one attached hydrogen (secondary N) is 1.